The summed E-state index contributed by atoms with van der Waals surface area (Å²) >= 11 is 0. The SMILES string of the molecule is Cc1cc(C(=O)N[C@H]2CCCc3nc(-c4ccccc4)ncc32)on1. The molecule has 0 radical (unpaired) electrons. The van der Waals surface area contributed by atoms with Crippen LogP contribution in [0.25, 0.3) is 11.4 Å². The molecule has 2 aromatic heterocycles. The lowest BCUT2D eigenvalue weighted by molar-refractivity contribution is 0.0895. The highest BCUT2D eigenvalue weighted by atomic mass is 16.5. The molecule has 1 aliphatic carbocycles. The van der Waals surface area contributed by atoms with Crippen LogP contribution in [0.1, 0.15) is 46.4 Å². The molecule has 0 saturated heterocycles. The monoisotopic (exact) mass is 334 g/mol. The molecule has 0 bridgehead atoms. The Labute approximate surface area is 145 Å². The minimum absolute atomic E-state index is 0.105. The van der Waals surface area contributed by atoms with Crippen LogP contribution >= 0.6 is 0 Å². The van der Waals surface area contributed by atoms with E-state index in [0.29, 0.717) is 5.69 Å². The number of fused-ring (bicyclic) bond motifs is 1. The van der Waals surface area contributed by atoms with E-state index >= 15 is 0 Å². The lowest BCUT2D eigenvalue weighted by atomic mass is 9.92. The lowest BCUT2D eigenvalue weighted by Gasteiger charge is -2.25. The van der Waals surface area contributed by atoms with Gasteiger partial charge in [-0.05, 0) is 26.2 Å². The maximum Gasteiger partial charge on any atom is 0.290 e. The third-order valence-corrected chi connectivity index (χ3v) is 4.37. The molecule has 1 aliphatic rings. The molecule has 2 heterocycles. The Morgan fingerprint density at radius 3 is 2.88 bits per heavy atom. The topological polar surface area (TPSA) is 80.9 Å². The Morgan fingerprint density at radius 2 is 2.12 bits per heavy atom. The first kappa shape index (κ1) is 15.5. The molecule has 6 heteroatoms. The van der Waals surface area contributed by atoms with E-state index in [9.17, 15) is 4.79 Å². The van der Waals surface area contributed by atoms with Crippen molar-refractivity contribution in [3.05, 3.63) is 65.3 Å². The van der Waals surface area contributed by atoms with Gasteiger partial charge in [0, 0.05) is 29.1 Å². The van der Waals surface area contributed by atoms with E-state index in [0.717, 1.165) is 41.9 Å². The molecule has 0 spiro atoms. The van der Waals surface area contributed by atoms with Crippen molar-refractivity contribution in [3.8, 4) is 11.4 Å². The number of benzene rings is 1. The summed E-state index contributed by atoms with van der Waals surface area (Å²) in [7, 11) is 0. The molecule has 1 N–H and O–H groups in total. The predicted octanol–water partition coefficient (Wildman–Crippen LogP) is 3.25. The minimum atomic E-state index is -0.259. The zero-order valence-corrected chi connectivity index (χ0v) is 13.9. The van der Waals surface area contributed by atoms with Crippen molar-refractivity contribution in [2.75, 3.05) is 0 Å². The number of nitrogens with zero attached hydrogens (tertiary/aromatic N) is 3. The zero-order chi connectivity index (χ0) is 17.2. The highest BCUT2D eigenvalue weighted by Crippen LogP contribution is 2.29. The number of hydrogen-bond donors (Lipinski definition) is 1. The fraction of sp³-hybridized carbons (Fsp3) is 0.263. The van der Waals surface area contributed by atoms with Gasteiger partial charge in [-0.1, -0.05) is 35.5 Å². The molecule has 1 amide bonds. The molecule has 126 valence electrons. The van der Waals surface area contributed by atoms with Gasteiger partial charge in [0.2, 0.25) is 5.76 Å². The van der Waals surface area contributed by atoms with Crippen molar-refractivity contribution in [2.45, 2.75) is 32.2 Å². The van der Waals surface area contributed by atoms with Gasteiger partial charge in [-0.3, -0.25) is 4.79 Å². The van der Waals surface area contributed by atoms with E-state index in [4.69, 9.17) is 9.51 Å². The van der Waals surface area contributed by atoms with Crippen LogP contribution in [-0.4, -0.2) is 21.0 Å². The van der Waals surface area contributed by atoms with Gasteiger partial charge in [-0.25, -0.2) is 9.97 Å². The number of nitrogens with one attached hydrogen (secondary N) is 1. The molecule has 25 heavy (non-hydrogen) atoms. The smallest absolute Gasteiger partial charge is 0.290 e. The van der Waals surface area contributed by atoms with E-state index < -0.39 is 0 Å². The van der Waals surface area contributed by atoms with Crippen molar-refractivity contribution < 1.29 is 9.32 Å². The number of amides is 1. The number of carbonyl (C=O) groups is 1. The third kappa shape index (κ3) is 3.15. The van der Waals surface area contributed by atoms with Crippen molar-refractivity contribution in [3.63, 3.8) is 0 Å². The highest BCUT2D eigenvalue weighted by molar-refractivity contribution is 5.91. The quantitative estimate of drug-likeness (QED) is 0.795. The van der Waals surface area contributed by atoms with Gasteiger partial charge in [0.1, 0.15) is 0 Å². The Kier molecular flexibility index (Phi) is 4.01. The molecule has 3 aromatic rings. The van der Waals surface area contributed by atoms with Crippen LogP contribution in [-0.2, 0) is 6.42 Å². The Balaban J connectivity index is 1.59. The average Bonchev–Trinajstić information content (AvgIpc) is 3.09. The van der Waals surface area contributed by atoms with Crippen LogP contribution in [0.2, 0.25) is 0 Å². The van der Waals surface area contributed by atoms with Gasteiger partial charge in [0.05, 0.1) is 11.7 Å². The largest absolute Gasteiger partial charge is 0.351 e. The molecule has 1 aromatic carbocycles. The van der Waals surface area contributed by atoms with Crippen molar-refractivity contribution >= 4 is 5.91 Å². The van der Waals surface area contributed by atoms with Crippen LogP contribution < -0.4 is 5.32 Å². The van der Waals surface area contributed by atoms with Gasteiger partial charge in [0.25, 0.3) is 5.91 Å². The van der Waals surface area contributed by atoms with Gasteiger partial charge in [-0.15, -0.1) is 0 Å². The summed E-state index contributed by atoms with van der Waals surface area (Å²) in [6, 6.07) is 11.4. The second-order valence-corrected chi connectivity index (χ2v) is 6.21. The first-order chi connectivity index (χ1) is 12.2. The Bertz CT molecular complexity index is 905. The molecule has 0 saturated carbocycles. The van der Waals surface area contributed by atoms with Crippen LogP contribution in [0.5, 0.6) is 0 Å². The van der Waals surface area contributed by atoms with Crippen LogP contribution in [0, 0.1) is 6.92 Å². The number of rotatable bonds is 3. The van der Waals surface area contributed by atoms with E-state index in [1.165, 1.54) is 0 Å². The van der Waals surface area contributed by atoms with E-state index in [-0.39, 0.29) is 17.7 Å². The fourth-order valence-electron chi connectivity index (χ4n) is 3.12. The predicted molar refractivity (Wildman–Crippen MR) is 91.9 cm³/mol. The van der Waals surface area contributed by atoms with Gasteiger partial charge in [-0.2, -0.15) is 0 Å². The number of aryl methyl sites for hydroxylation is 2. The van der Waals surface area contributed by atoms with Crippen LogP contribution in [0.4, 0.5) is 0 Å². The number of hydrogen-bond acceptors (Lipinski definition) is 5. The summed E-state index contributed by atoms with van der Waals surface area (Å²) in [5.74, 6) is 0.689. The molecule has 1 atom stereocenters. The third-order valence-electron chi connectivity index (χ3n) is 4.37. The second-order valence-electron chi connectivity index (χ2n) is 6.21. The second kappa shape index (κ2) is 6.47. The normalized spacial score (nSPS) is 16.3. The molecule has 4 rings (SSSR count). The number of carbonyl (C=O) groups excluding carboxylic acids is 1. The van der Waals surface area contributed by atoms with Crippen LogP contribution in [0.15, 0.2) is 47.1 Å². The van der Waals surface area contributed by atoms with Gasteiger partial charge >= 0.3 is 0 Å². The Hall–Kier alpha value is -3.02. The standard InChI is InChI=1S/C19H18N4O2/c1-12-10-17(25-23-12)19(24)22-16-9-5-8-15-14(16)11-20-18(21-15)13-6-3-2-4-7-13/h2-4,6-7,10-11,16H,5,8-9H2,1H3,(H,22,24)/t16-/m0/s1. The van der Waals surface area contributed by atoms with Crippen molar-refractivity contribution in [1.29, 1.82) is 0 Å². The fourth-order valence-corrected chi connectivity index (χ4v) is 3.12. The molecule has 0 aliphatic heterocycles. The maximum atomic E-state index is 12.3. The highest BCUT2D eigenvalue weighted by Gasteiger charge is 2.25. The number of aromatic nitrogens is 3. The first-order valence-corrected chi connectivity index (χ1v) is 8.36. The molecular weight excluding hydrogens is 316 g/mol. The van der Waals surface area contributed by atoms with Gasteiger partial charge in [0.15, 0.2) is 5.82 Å². The maximum absolute atomic E-state index is 12.3. The molecule has 0 unspecified atom stereocenters. The van der Waals surface area contributed by atoms with Crippen LogP contribution in [0.3, 0.4) is 0 Å². The first-order valence-electron chi connectivity index (χ1n) is 8.36. The van der Waals surface area contributed by atoms with E-state index in [1.807, 2.05) is 36.5 Å². The summed E-state index contributed by atoms with van der Waals surface area (Å²) in [5, 5.41) is 6.77. The van der Waals surface area contributed by atoms with E-state index in [1.54, 1.807) is 13.0 Å². The Morgan fingerprint density at radius 1 is 1.28 bits per heavy atom. The molecule has 0 fully saturated rings. The van der Waals surface area contributed by atoms with Gasteiger partial charge < -0.3 is 9.84 Å². The summed E-state index contributed by atoms with van der Waals surface area (Å²) in [5.41, 5.74) is 3.66. The zero-order valence-electron chi connectivity index (χ0n) is 13.9. The lowest BCUT2D eigenvalue weighted by Crippen LogP contribution is -2.31. The summed E-state index contributed by atoms with van der Waals surface area (Å²) < 4.78 is 5.04. The van der Waals surface area contributed by atoms with Crippen molar-refractivity contribution in [2.24, 2.45) is 0 Å². The summed E-state index contributed by atoms with van der Waals surface area (Å²) in [6.07, 6.45) is 4.56. The van der Waals surface area contributed by atoms with E-state index in [2.05, 4.69) is 15.5 Å². The summed E-state index contributed by atoms with van der Waals surface area (Å²) in [6.45, 7) is 1.79. The molecule has 6 nitrogen and oxygen atoms in total. The minimum Gasteiger partial charge on any atom is -0.351 e. The summed E-state index contributed by atoms with van der Waals surface area (Å²) in [4.78, 5) is 21.6. The average molecular weight is 334 g/mol. The molecular formula is C19H18N4O2. The van der Waals surface area contributed by atoms with Crippen molar-refractivity contribution in [1.82, 2.24) is 20.4 Å².